The van der Waals surface area contributed by atoms with Crippen LogP contribution < -0.4 is 16.0 Å². The number of nitrogens with two attached hydrogens (primary N) is 1. The molecule has 116 valence electrons. The topological polar surface area (TPSA) is 58.4 Å². The second-order valence-corrected chi connectivity index (χ2v) is 5.84. The third kappa shape index (κ3) is 3.02. The summed E-state index contributed by atoms with van der Waals surface area (Å²) in [7, 11) is 3.67. The monoisotopic (exact) mass is 293 g/mol. The quantitative estimate of drug-likeness (QED) is 0.842. The van der Waals surface area contributed by atoms with Gasteiger partial charge in [-0.1, -0.05) is 18.6 Å². The number of primary amides is 1. The first-order valence-electron chi connectivity index (χ1n) is 7.45. The Bertz CT molecular complexity index is 508. The van der Waals surface area contributed by atoms with Gasteiger partial charge in [0.1, 0.15) is 11.4 Å². The van der Waals surface area contributed by atoms with Crippen molar-refractivity contribution in [3.05, 3.63) is 30.1 Å². The van der Waals surface area contributed by atoms with Gasteiger partial charge >= 0.3 is 0 Å². The van der Waals surface area contributed by atoms with Crippen LogP contribution in [0, 0.1) is 11.7 Å². The first-order valence-corrected chi connectivity index (χ1v) is 7.45. The highest BCUT2D eigenvalue weighted by Gasteiger charge is 2.46. The van der Waals surface area contributed by atoms with Crippen molar-refractivity contribution in [2.75, 3.05) is 25.5 Å². The number of benzene rings is 1. The maximum Gasteiger partial charge on any atom is 0.238 e. The summed E-state index contributed by atoms with van der Waals surface area (Å²) < 4.78 is 13.8. The minimum Gasteiger partial charge on any atom is -0.372 e. The highest BCUT2D eigenvalue weighted by molar-refractivity contribution is 5.85. The van der Waals surface area contributed by atoms with Gasteiger partial charge in [-0.15, -0.1) is 0 Å². The third-order valence-electron chi connectivity index (χ3n) is 4.78. The molecule has 1 aliphatic carbocycles. The molecule has 0 spiro atoms. The average Bonchev–Trinajstić information content (AvgIpc) is 2.89. The Labute approximate surface area is 125 Å². The molecule has 2 unspecified atom stereocenters. The van der Waals surface area contributed by atoms with Crippen LogP contribution >= 0.6 is 0 Å². The highest BCUT2D eigenvalue weighted by Crippen LogP contribution is 2.38. The van der Waals surface area contributed by atoms with Crippen molar-refractivity contribution in [3.63, 3.8) is 0 Å². The fraction of sp³-hybridized carbons (Fsp3) is 0.562. The van der Waals surface area contributed by atoms with E-state index in [1.165, 1.54) is 6.07 Å². The summed E-state index contributed by atoms with van der Waals surface area (Å²) in [5.41, 5.74) is 5.59. The van der Waals surface area contributed by atoms with Crippen LogP contribution in [0.25, 0.3) is 0 Å². The van der Waals surface area contributed by atoms with Crippen LogP contribution in [0.5, 0.6) is 0 Å². The molecule has 1 aromatic carbocycles. The normalized spacial score (nSPS) is 25.0. The van der Waals surface area contributed by atoms with Gasteiger partial charge in [0, 0.05) is 13.6 Å². The SMILES string of the molecule is CNC1(C(N)=O)CCCC1CCN(C)c1ccccc1F. The Morgan fingerprint density at radius 2 is 2.24 bits per heavy atom. The summed E-state index contributed by atoms with van der Waals surface area (Å²) in [5, 5.41) is 3.13. The van der Waals surface area contributed by atoms with E-state index in [1.807, 2.05) is 18.0 Å². The molecule has 0 bridgehead atoms. The fourth-order valence-electron chi connectivity index (χ4n) is 3.48. The van der Waals surface area contributed by atoms with Gasteiger partial charge in [-0.2, -0.15) is 0 Å². The van der Waals surface area contributed by atoms with Crippen molar-refractivity contribution in [1.82, 2.24) is 5.32 Å². The number of hydrogen-bond donors (Lipinski definition) is 2. The Morgan fingerprint density at radius 1 is 1.52 bits per heavy atom. The molecule has 21 heavy (non-hydrogen) atoms. The Morgan fingerprint density at radius 3 is 2.86 bits per heavy atom. The zero-order chi connectivity index (χ0) is 15.5. The number of amides is 1. The van der Waals surface area contributed by atoms with Gasteiger partial charge in [0.25, 0.3) is 0 Å². The number of para-hydroxylation sites is 1. The van der Waals surface area contributed by atoms with Gasteiger partial charge in [0.05, 0.1) is 5.69 Å². The van der Waals surface area contributed by atoms with Crippen LogP contribution in [-0.2, 0) is 4.79 Å². The minimum atomic E-state index is -0.601. The predicted molar refractivity (Wildman–Crippen MR) is 82.6 cm³/mol. The van der Waals surface area contributed by atoms with E-state index in [-0.39, 0.29) is 17.6 Å². The maximum atomic E-state index is 13.8. The van der Waals surface area contributed by atoms with Crippen LogP contribution in [0.15, 0.2) is 24.3 Å². The van der Waals surface area contributed by atoms with E-state index in [1.54, 1.807) is 19.2 Å². The van der Waals surface area contributed by atoms with E-state index in [9.17, 15) is 9.18 Å². The number of nitrogens with one attached hydrogen (secondary N) is 1. The fourth-order valence-corrected chi connectivity index (χ4v) is 3.48. The van der Waals surface area contributed by atoms with Gasteiger partial charge in [0.2, 0.25) is 5.91 Å². The number of carbonyl (C=O) groups is 1. The lowest BCUT2D eigenvalue weighted by Crippen LogP contribution is -2.56. The van der Waals surface area contributed by atoms with E-state index in [4.69, 9.17) is 5.73 Å². The molecule has 2 atom stereocenters. The smallest absolute Gasteiger partial charge is 0.238 e. The molecule has 1 amide bonds. The molecular weight excluding hydrogens is 269 g/mol. The molecule has 0 saturated heterocycles. The van der Waals surface area contributed by atoms with Crippen molar-refractivity contribution in [2.24, 2.45) is 11.7 Å². The summed E-state index contributed by atoms with van der Waals surface area (Å²) in [6, 6.07) is 6.74. The summed E-state index contributed by atoms with van der Waals surface area (Å²) in [4.78, 5) is 13.7. The summed E-state index contributed by atoms with van der Waals surface area (Å²) in [6.07, 6.45) is 3.58. The molecule has 1 fully saturated rings. The lowest BCUT2D eigenvalue weighted by molar-refractivity contribution is -0.125. The lowest BCUT2D eigenvalue weighted by Gasteiger charge is -2.33. The third-order valence-corrected chi connectivity index (χ3v) is 4.78. The van der Waals surface area contributed by atoms with Crippen LogP contribution in [0.4, 0.5) is 10.1 Å². The Kier molecular flexibility index (Phi) is 4.83. The molecule has 2 rings (SSSR count). The molecule has 0 radical (unpaired) electrons. The average molecular weight is 293 g/mol. The number of carbonyl (C=O) groups excluding carboxylic acids is 1. The number of hydrogen-bond acceptors (Lipinski definition) is 3. The molecule has 0 heterocycles. The number of likely N-dealkylation sites (N-methyl/N-ethyl adjacent to an activating group) is 1. The summed E-state index contributed by atoms with van der Waals surface area (Å²) in [5.74, 6) is -0.295. The van der Waals surface area contributed by atoms with Gasteiger partial charge in [-0.05, 0) is 44.4 Å². The predicted octanol–water partition coefficient (Wildman–Crippen LogP) is 1.90. The molecular formula is C16H24FN3O. The second kappa shape index (κ2) is 6.43. The van der Waals surface area contributed by atoms with E-state index < -0.39 is 5.54 Å². The minimum absolute atomic E-state index is 0.203. The molecule has 4 nitrogen and oxygen atoms in total. The Balaban J connectivity index is 2.02. The number of nitrogens with zero attached hydrogens (tertiary/aromatic N) is 1. The maximum absolute atomic E-state index is 13.8. The van der Waals surface area contributed by atoms with Crippen molar-refractivity contribution >= 4 is 11.6 Å². The zero-order valence-electron chi connectivity index (χ0n) is 12.7. The van der Waals surface area contributed by atoms with Crippen molar-refractivity contribution in [1.29, 1.82) is 0 Å². The molecule has 1 saturated carbocycles. The standard InChI is InChI=1S/C16H24FN3O/c1-19-16(15(18)21)10-5-6-12(16)9-11-20(2)14-8-4-3-7-13(14)17/h3-4,7-8,12,19H,5-6,9-11H2,1-2H3,(H2,18,21). The molecule has 0 aromatic heterocycles. The Hall–Kier alpha value is -1.62. The van der Waals surface area contributed by atoms with E-state index in [0.717, 1.165) is 25.7 Å². The van der Waals surface area contributed by atoms with Crippen molar-refractivity contribution in [3.8, 4) is 0 Å². The van der Waals surface area contributed by atoms with Crippen LogP contribution in [0.3, 0.4) is 0 Å². The van der Waals surface area contributed by atoms with Gasteiger partial charge < -0.3 is 16.0 Å². The summed E-state index contributed by atoms with van der Waals surface area (Å²) >= 11 is 0. The lowest BCUT2D eigenvalue weighted by atomic mass is 9.84. The van der Waals surface area contributed by atoms with Gasteiger partial charge in [0.15, 0.2) is 0 Å². The second-order valence-electron chi connectivity index (χ2n) is 5.84. The first kappa shape index (κ1) is 15.8. The molecule has 3 N–H and O–H groups in total. The van der Waals surface area contributed by atoms with E-state index >= 15 is 0 Å². The van der Waals surface area contributed by atoms with Crippen LogP contribution in [0.1, 0.15) is 25.7 Å². The molecule has 0 aliphatic heterocycles. The van der Waals surface area contributed by atoms with Crippen LogP contribution in [-0.4, -0.2) is 32.1 Å². The van der Waals surface area contributed by atoms with E-state index in [2.05, 4.69) is 5.32 Å². The first-order chi connectivity index (χ1) is 10.0. The van der Waals surface area contributed by atoms with Crippen molar-refractivity contribution < 1.29 is 9.18 Å². The number of rotatable bonds is 6. The highest BCUT2D eigenvalue weighted by atomic mass is 19.1. The van der Waals surface area contributed by atoms with Crippen LogP contribution in [0.2, 0.25) is 0 Å². The summed E-state index contributed by atoms with van der Waals surface area (Å²) in [6.45, 7) is 0.697. The van der Waals surface area contributed by atoms with Gasteiger partial charge in [-0.3, -0.25) is 4.79 Å². The van der Waals surface area contributed by atoms with E-state index in [0.29, 0.717) is 12.2 Å². The number of halogens is 1. The molecule has 1 aromatic rings. The van der Waals surface area contributed by atoms with Gasteiger partial charge in [-0.25, -0.2) is 4.39 Å². The largest absolute Gasteiger partial charge is 0.372 e. The zero-order valence-corrected chi connectivity index (χ0v) is 12.7. The van der Waals surface area contributed by atoms with Crippen molar-refractivity contribution in [2.45, 2.75) is 31.2 Å². The molecule has 5 heteroatoms. The molecule has 1 aliphatic rings. The number of anilines is 1.